The fourth-order valence-corrected chi connectivity index (χ4v) is 2.74. The Bertz CT molecular complexity index is 616. The molecule has 112 valence electrons. The zero-order valence-corrected chi connectivity index (χ0v) is 11.3. The molecule has 2 aromatic heterocycles. The maximum absolute atomic E-state index is 12.6. The van der Waals surface area contributed by atoms with Crippen LogP contribution < -0.4 is 4.74 Å². The quantitative estimate of drug-likeness (QED) is 0.835. The van der Waals surface area contributed by atoms with E-state index in [-0.39, 0.29) is 18.9 Å². The van der Waals surface area contributed by atoms with Gasteiger partial charge in [0, 0.05) is 12.4 Å². The van der Waals surface area contributed by atoms with Gasteiger partial charge in [-0.1, -0.05) is 0 Å². The first-order valence-corrected chi connectivity index (χ1v) is 6.97. The molecule has 0 spiro atoms. The van der Waals surface area contributed by atoms with Crippen molar-refractivity contribution in [2.24, 2.45) is 5.92 Å². The van der Waals surface area contributed by atoms with Crippen molar-refractivity contribution in [3.05, 3.63) is 30.6 Å². The van der Waals surface area contributed by atoms with Crippen LogP contribution in [0.2, 0.25) is 0 Å². The highest BCUT2D eigenvalue weighted by atomic mass is 19.4. The van der Waals surface area contributed by atoms with Crippen molar-refractivity contribution in [1.82, 2.24) is 9.97 Å². The minimum Gasteiger partial charge on any atom is -0.474 e. The lowest BCUT2D eigenvalue weighted by Gasteiger charge is -2.29. The highest BCUT2D eigenvalue weighted by Gasteiger charge is 2.41. The van der Waals surface area contributed by atoms with Crippen molar-refractivity contribution >= 4 is 10.9 Å². The predicted octanol–water partition coefficient (Wildman–Crippen LogP) is 4.13. The molecule has 3 nitrogen and oxygen atoms in total. The Balaban J connectivity index is 1.70. The summed E-state index contributed by atoms with van der Waals surface area (Å²) in [5, 5.41) is 0.790. The van der Waals surface area contributed by atoms with Gasteiger partial charge < -0.3 is 4.74 Å². The molecule has 3 rings (SSSR count). The first kappa shape index (κ1) is 14.1. The molecular weight excluding hydrogens is 281 g/mol. The van der Waals surface area contributed by atoms with Gasteiger partial charge in [0.05, 0.1) is 16.8 Å². The lowest BCUT2D eigenvalue weighted by molar-refractivity contribution is -0.185. The van der Waals surface area contributed by atoms with E-state index in [2.05, 4.69) is 9.97 Å². The summed E-state index contributed by atoms with van der Waals surface area (Å²) in [7, 11) is 0. The van der Waals surface area contributed by atoms with Crippen LogP contribution in [0.15, 0.2) is 30.6 Å². The average Bonchev–Trinajstić information content (AvgIpc) is 2.47. The second-order valence-corrected chi connectivity index (χ2v) is 5.32. The molecule has 0 aliphatic heterocycles. The normalized spacial score (nSPS) is 23.2. The van der Waals surface area contributed by atoms with Gasteiger partial charge in [0.1, 0.15) is 6.10 Å². The standard InChI is InChI=1S/C15H15F3N2O/c16-15(17,18)10-3-5-11(6-4-10)21-14-12-2-1-8-19-13(12)7-9-20-14/h1-2,7-11H,3-6H2. The summed E-state index contributed by atoms with van der Waals surface area (Å²) >= 11 is 0. The van der Waals surface area contributed by atoms with Crippen molar-refractivity contribution in [3.63, 3.8) is 0 Å². The van der Waals surface area contributed by atoms with Gasteiger partial charge in [-0.2, -0.15) is 13.2 Å². The van der Waals surface area contributed by atoms with E-state index in [4.69, 9.17) is 4.74 Å². The summed E-state index contributed by atoms with van der Waals surface area (Å²) in [5.74, 6) is -0.740. The summed E-state index contributed by atoms with van der Waals surface area (Å²) in [6.07, 6.45) is 0.0421. The topological polar surface area (TPSA) is 35.0 Å². The molecule has 2 heterocycles. The second-order valence-electron chi connectivity index (χ2n) is 5.32. The maximum atomic E-state index is 12.6. The number of nitrogens with zero attached hydrogens (tertiary/aromatic N) is 2. The monoisotopic (exact) mass is 296 g/mol. The Kier molecular flexibility index (Phi) is 3.69. The van der Waals surface area contributed by atoms with Crippen molar-refractivity contribution < 1.29 is 17.9 Å². The van der Waals surface area contributed by atoms with Gasteiger partial charge in [0.15, 0.2) is 0 Å². The molecule has 0 radical (unpaired) electrons. The smallest absolute Gasteiger partial charge is 0.391 e. The van der Waals surface area contributed by atoms with Crippen LogP contribution in [0.5, 0.6) is 5.88 Å². The zero-order chi connectivity index (χ0) is 14.9. The Morgan fingerprint density at radius 3 is 2.48 bits per heavy atom. The van der Waals surface area contributed by atoms with E-state index in [0.717, 1.165) is 10.9 Å². The average molecular weight is 296 g/mol. The van der Waals surface area contributed by atoms with Crippen molar-refractivity contribution in [2.75, 3.05) is 0 Å². The highest BCUT2D eigenvalue weighted by Crippen LogP contribution is 2.38. The van der Waals surface area contributed by atoms with Crippen LogP contribution in [-0.2, 0) is 0 Å². The molecule has 0 aromatic carbocycles. The molecule has 0 atom stereocenters. The SMILES string of the molecule is FC(F)(F)C1CCC(Oc2nccc3ncccc23)CC1. The molecule has 0 amide bonds. The van der Waals surface area contributed by atoms with Gasteiger partial charge >= 0.3 is 6.18 Å². The Hall–Kier alpha value is -1.85. The van der Waals surface area contributed by atoms with E-state index in [1.807, 2.05) is 6.07 Å². The molecule has 1 aliphatic carbocycles. The molecule has 1 saturated carbocycles. The molecule has 21 heavy (non-hydrogen) atoms. The first-order valence-electron chi connectivity index (χ1n) is 6.97. The molecule has 0 N–H and O–H groups in total. The van der Waals surface area contributed by atoms with Gasteiger partial charge in [0.25, 0.3) is 0 Å². The summed E-state index contributed by atoms with van der Waals surface area (Å²) in [6, 6.07) is 5.42. The number of aromatic nitrogens is 2. The van der Waals surface area contributed by atoms with Crippen LogP contribution in [0.3, 0.4) is 0 Å². The Morgan fingerprint density at radius 2 is 1.76 bits per heavy atom. The molecule has 0 unspecified atom stereocenters. The summed E-state index contributed by atoms with van der Waals surface area (Å²) in [4.78, 5) is 8.39. The molecule has 6 heteroatoms. The minimum absolute atomic E-state index is 0.122. The van der Waals surface area contributed by atoms with Crippen LogP contribution in [0.1, 0.15) is 25.7 Å². The fraction of sp³-hybridized carbons (Fsp3) is 0.467. The molecule has 1 fully saturated rings. The lowest BCUT2D eigenvalue weighted by Crippen LogP contribution is -2.32. The van der Waals surface area contributed by atoms with Gasteiger partial charge in [-0.25, -0.2) is 4.98 Å². The molecule has 2 aromatic rings. The first-order chi connectivity index (χ1) is 10.0. The minimum atomic E-state index is -4.09. The predicted molar refractivity (Wildman–Crippen MR) is 72.0 cm³/mol. The van der Waals surface area contributed by atoms with Gasteiger partial charge in [-0.3, -0.25) is 4.98 Å². The summed E-state index contributed by atoms with van der Waals surface area (Å²) < 4.78 is 43.7. The molecular formula is C15H15F3N2O. The third-order valence-corrected chi connectivity index (χ3v) is 3.91. The van der Waals surface area contributed by atoms with E-state index < -0.39 is 12.1 Å². The van der Waals surface area contributed by atoms with Crippen molar-refractivity contribution in [2.45, 2.75) is 38.0 Å². The Labute approximate surface area is 120 Å². The van der Waals surface area contributed by atoms with Gasteiger partial charge in [-0.05, 0) is 43.9 Å². The van der Waals surface area contributed by atoms with Gasteiger partial charge in [0.2, 0.25) is 5.88 Å². The van der Waals surface area contributed by atoms with Crippen LogP contribution in [0.25, 0.3) is 10.9 Å². The van der Waals surface area contributed by atoms with E-state index in [0.29, 0.717) is 18.7 Å². The molecule has 0 bridgehead atoms. The van der Waals surface area contributed by atoms with Crippen LogP contribution in [0, 0.1) is 5.92 Å². The van der Waals surface area contributed by atoms with Gasteiger partial charge in [-0.15, -0.1) is 0 Å². The van der Waals surface area contributed by atoms with Crippen molar-refractivity contribution in [1.29, 1.82) is 0 Å². The van der Waals surface area contributed by atoms with E-state index in [9.17, 15) is 13.2 Å². The number of alkyl halides is 3. The summed E-state index contributed by atoms with van der Waals surface area (Å²) in [5.41, 5.74) is 0.770. The number of ether oxygens (including phenoxy) is 1. The number of rotatable bonds is 2. The van der Waals surface area contributed by atoms with Crippen LogP contribution >= 0.6 is 0 Å². The fourth-order valence-electron chi connectivity index (χ4n) is 2.74. The maximum Gasteiger partial charge on any atom is 0.391 e. The van der Waals surface area contributed by atoms with E-state index >= 15 is 0 Å². The number of fused-ring (bicyclic) bond motifs is 1. The van der Waals surface area contributed by atoms with E-state index in [1.54, 1.807) is 24.5 Å². The summed E-state index contributed by atoms with van der Waals surface area (Å²) in [6.45, 7) is 0. The van der Waals surface area contributed by atoms with Crippen LogP contribution in [-0.4, -0.2) is 22.2 Å². The number of hydrogen-bond donors (Lipinski definition) is 0. The number of pyridine rings is 2. The van der Waals surface area contributed by atoms with Crippen molar-refractivity contribution in [3.8, 4) is 5.88 Å². The third kappa shape index (κ3) is 3.09. The molecule has 1 aliphatic rings. The number of hydrogen-bond acceptors (Lipinski definition) is 3. The number of halogens is 3. The lowest BCUT2D eigenvalue weighted by atomic mass is 9.87. The molecule has 0 saturated heterocycles. The second kappa shape index (κ2) is 5.50. The van der Waals surface area contributed by atoms with Crippen LogP contribution in [0.4, 0.5) is 13.2 Å². The third-order valence-electron chi connectivity index (χ3n) is 3.91. The zero-order valence-electron chi connectivity index (χ0n) is 11.3. The highest BCUT2D eigenvalue weighted by molar-refractivity contribution is 5.82. The van der Waals surface area contributed by atoms with E-state index in [1.165, 1.54) is 0 Å². The Morgan fingerprint density at radius 1 is 1.00 bits per heavy atom. The largest absolute Gasteiger partial charge is 0.474 e.